The molecule has 2 aromatic rings. The predicted octanol–water partition coefficient (Wildman–Crippen LogP) is 2.37. The Morgan fingerprint density at radius 2 is 1.48 bits per heavy atom. The van der Waals surface area contributed by atoms with E-state index in [0.717, 1.165) is 12.1 Å². The number of phenols is 2. The van der Waals surface area contributed by atoms with Crippen molar-refractivity contribution in [2.75, 3.05) is 0 Å². The smallest absolute Gasteiger partial charge is 0.311 e. The molecule has 0 aliphatic heterocycles. The number of hydrogen-bond acceptors (Lipinski definition) is 8. The zero-order valence-electron chi connectivity index (χ0n) is 12.4. The highest BCUT2D eigenvalue weighted by Crippen LogP contribution is 2.33. The fourth-order valence-corrected chi connectivity index (χ4v) is 2.05. The summed E-state index contributed by atoms with van der Waals surface area (Å²) in [5.74, 6) is -3.11. The number of rotatable bonds is 6. The number of Topliss-reactive ketones (excluding diaryl/α,β-unsaturated/α-hetero) is 2. The Balaban J connectivity index is 2.24. The molecule has 10 heteroatoms. The second kappa shape index (κ2) is 6.74. The molecule has 2 aromatic carbocycles. The lowest BCUT2D eigenvalue weighted by molar-refractivity contribution is -0.385. The molecule has 0 aliphatic carbocycles. The van der Waals surface area contributed by atoms with Crippen LogP contribution in [0.15, 0.2) is 36.4 Å². The number of nitro groups is 2. The van der Waals surface area contributed by atoms with E-state index in [1.54, 1.807) is 0 Å². The van der Waals surface area contributed by atoms with Gasteiger partial charge in [0, 0.05) is 29.8 Å². The van der Waals surface area contributed by atoms with Crippen molar-refractivity contribution >= 4 is 22.9 Å². The number of hydrogen-bond donors (Lipinski definition) is 2. The molecule has 25 heavy (non-hydrogen) atoms. The van der Waals surface area contributed by atoms with Crippen LogP contribution in [-0.4, -0.2) is 31.6 Å². The number of nitro benzene ring substituents is 2. The lowest BCUT2D eigenvalue weighted by Gasteiger charge is -2.05. The van der Waals surface area contributed by atoms with Crippen molar-refractivity contribution < 1.29 is 29.6 Å². The normalized spacial score (nSPS) is 10.2. The van der Waals surface area contributed by atoms with Crippen molar-refractivity contribution in [3.05, 3.63) is 67.8 Å². The average molecular weight is 346 g/mol. The number of nitrogens with zero attached hydrogens (tertiary/aromatic N) is 2. The third-order valence-electron chi connectivity index (χ3n) is 3.31. The van der Waals surface area contributed by atoms with E-state index in [4.69, 9.17) is 0 Å². The van der Waals surface area contributed by atoms with E-state index in [2.05, 4.69) is 0 Å². The van der Waals surface area contributed by atoms with Crippen molar-refractivity contribution in [2.24, 2.45) is 0 Å². The molecule has 2 rings (SSSR count). The number of phenolic OH excluding ortho intramolecular Hbond substituents is 2. The highest BCUT2D eigenvalue weighted by atomic mass is 16.6. The van der Waals surface area contributed by atoms with E-state index in [1.165, 1.54) is 12.1 Å². The Bertz CT molecular complexity index is 889. The summed E-state index contributed by atoms with van der Waals surface area (Å²) in [6, 6.07) is 5.86. The predicted molar refractivity (Wildman–Crippen MR) is 82.8 cm³/mol. The maximum atomic E-state index is 12.1. The molecule has 0 aliphatic rings. The molecule has 0 bridgehead atoms. The summed E-state index contributed by atoms with van der Waals surface area (Å²) in [6.07, 6.45) is -0.715. The first-order valence-corrected chi connectivity index (χ1v) is 6.72. The summed E-state index contributed by atoms with van der Waals surface area (Å²) in [6.45, 7) is 0. The van der Waals surface area contributed by atoms with Gasteiger partial charge in [0.15, 0.2) is 17.3 Å². The second-order valence-corrected chi connectivity index (χ2v) is 4.94. The SMILES string of the molecule is O=C(CC(=O)c1cc([N+](=O)[O-])c(O)cc1O)c1ccc([N+](=O)[O-])cc1. The van der Waals surface area contributed by atoms with Gasteiger partial charge in [-0.1, -0.05) is 0 Å². The van der Waals surface area contributed by atoms with Crippen LogP contribution in [0.1, 0.15) is 27.1 Å². The third kappa shape index (κ3) is 3.75. The van der Waals surface area contributed by atoms with Gasteiger partial charge >= 0.3 is 5.69 Å². The Labute approximate surface area is 139 Å². The summed E-state index contributed by atoms with van der Waals surface area (Å²) >= 11 is 0. The fraction of sp³-hybridized carbons (Fsp3) is 0.0667. The van der Waals surface area contributed by atoms with Gasteiger partial charge in [0.2, 0.25) is 0 Å². The van der Waals surface area contributed by atoms with E-state index < -0.39 is 50.6 Å². The van der Waals surface area contributed by atoms with Gasteiger partial charge in [-0.2, -0.15) is 0 Å². The average Bonchev–Trinajstić information content (AvgIpc) is 2.54. The van der Waals surface area contributed by atoms with Gasteiger partial charge in [-0.15, -0.1) is 0 Å². The molecule has 0 heterocycles. The van der Waals surface area contributed by atoms with Crippen LogP contribution in [0.25, 0.3) is 0 Å². The molecule has 0 unspecified atom stereocenters. The lowest BCUT2D eigenvalue weighted by Crippen LogP contribution is -2.09. The number of aromatic hydroxyl groups is 2. The molecule has 0 fully saturated rings. The van der Waals surface area contributed by atoms with Gasteiger partial charge in [-0.3, -0.25) is 29.8 Å². The molecule has 128 valence electrons. The van der Waals surface area contributed by atoms with Crippen LogP contribution in [0.3, 0.4) is 0 Å². The van der Waals surface area contributed by atoms with Gasteiger partial charge in [0.1, 0.15) is 5.75 Å². The van der Waals surface area contributed by atoms with Crippen molar-refractivity contribution in [3.8, 4) is 11.5 Å². The molecular weight excluding hydrogens is 336 g/mol. The minimum atomic E-state index is -0.941. The van der Waals surface area contributed by atoms with Crippen LogP contribution < -0.4 is 0 Å². The highest BCUT2D eigenvalue weighted by Gasteiger charge is 2.23. The van der Waals surface area contributed by atoms with Gasteiger partial charge in [0.05, 0.1) is 21.8 Å². The Hall–Kier alpha value is -3.82. The number of carbonyl (C=O) groups excluding carboxylic acids is 2. The summed E-state index contributed by atoms with van der Waals surface area (Å²) in [5, 5.41) is 40.4. The molecule has 10 nitrogen and oxygen atoms in total. The Morgan fingerprint density at radius 3 is 2.00 bits per heavy atom. The van der Waals surface area contributed by atoms with E-state index >= 15 is 0 Å². The second-order valence-electron chi connectivity index (χ2n) is 4.94. The fourth-order valence-electron chi connectivity index (χ4n) is 2.05. The number of benzene rings is 2. The van der Waals surface area contributed by atoms with Gasteiger partial charge in [0.25, 0.3) is 5.69 Å². The zero-order valence-corrected chi connectivity index (χ0v) is 12.4. The summed E-state index contributed by atoms with van der Waals surface area (Å²) < 4.78 is 0. The van der Waals surface area contributed by atoms with Crippen molar-refractivity contribution in [1.82, 2.24) is 0 Å². The largest absolute Gasteiger partial charge is 0.507 e. The van der Waals surface area contributed by atoms with Crippen molar-refractivity contribution in [2.45, 2.75) is 6.42 Å². The van der Waals surface area contributed by atoms with Gasteiger partial charge in [-0.05, 0) is 12.1 Å². The number of non-ortho nitro benzene ring substituents is 1. The molecule has 0 saturated heterocycles. The van der Waals surface area contributed by atoms with Crippen LogP contribution in [0.4, 0.5) is 11.4 Å². The summed E-state index contributed by atoms with van der Waals surface area (Å²) in [4.78, 5) is 43.9. The van der Waals surface area contributed by atoms with Gasteiger partial charge in [-0.25, -0.2) is 0 Å². The van der Waals surface area contributed by atoms with Crippen molar-refractivity contribution in [1.29, 1.82) is 0 Å². The molecule has 0 atom stereocenters. The molecule has 0 saturated carbocycles. The van der Waals surface area contributed by atoms with Crippen molar-refractivity contribution in [3.63, 3.8) is 0 Å². The minimum Gasteiger partial charge on any atom is -0.507 e. The summed E-state index contributed by atoms with van der Waals surface area (Å²) in [7, 11) is 0. The standard InChI is InChI=1S/C15H10N2O8/c18-12(8-1-3-9(4-2-8)16(22)23)6-13(19)10-5-11(17(24)25)15(21)7-14(10)20/h1-5,7,20-21H,6H2. The molecule has 0 radical (unpaired) electrons. The van der Waals surface area contributed by atoms with E-state index in [-0.39, 0.29) is 11.3 Å². The minimum absolute atomic E-state index is 0.0340. The first-order valence-electron chi connectivity index (χ1n) is 6.72. The molecule has 0 spiro atoms. The van der Waals surface area contributed by atoms with E-state index in [1.807, 2.05) is 0 Å². The molecular formula is C15H10N2O8. The van der Waals surface area contributed by atoms with E-state index in [9.17, 15) is 40.0 Å². The zero-order chi connectivity index (χ0) is 18.7. The van der Waals surface area contributed by atoms with Crippen LogP contribution in [0.5, 0.6) is 11.5 Å². The number of ketones is 2. The maximum absolute atomic E-state index is 12.1. The monoisotopic (exact) mass is 346 g/mol. The third-order valence-corrected chi connectivity index (χ3v) is 3.31. The quantitative estimate of drug-likeness (QED) is 0.348. The molecule has 0 aromatic heterocycles. The first kappa shape index (κ1) is 17.5. The topological polar surface area (TPSA) is 161 Å². The Morgan fingerprint density at radius 1 is 0.880 bits per heavy atom. The van der Waals surface area contributed by atoms with Crippen LogP contribution in [-0.2, 0) is 0 Å². The van der Waals surface area contributed by atoms with Crippen LogP contribution in [0, 0.1) is 20.2 Å². The summed E-state index contributed by atoms with van der Waals surface area (Å²) in [5.41, 5.74) is -1.47. The van der Waals surface area contributed by atoms with E-state index in [0.29, 0.717) is 12.1 Å². The molecule has 0 amide bonds. The number of carbonyl (C=O) groups is 2. The first-order chi connectivity index (χ1) is 11.7. The van der Waals surface area contributed by atoms with Gasteiger partial charge < -0.3 is 10.2 Å². The lowest BCUT2D eigenvalue weighted by atomic mass is 10.00. The maximum Gasteiger partial charge on any atom is 0.311 e. The van der Waals surface area contributed by atoms with Crippen LogP contribution in [0.2, 0.25) is 0 Å². The highest BCUT2D eigenvalue weighted by molar-refractivity contribution is 6.14. The van der Waals surface area contributed by atoms with Crippen LogP contribution >= 0.6 is 0 Å². The Kier molecular flexibility index (Phi) is 4.73. The molecule has 2 N–H and O–H groups in total.